The number of amides is 2. The molecule has 146 valence electrons. The fourth-order valence-electron chi connectivity index (χ4n) is 4.57. The number of nitrogens with zero attached hydrogens (tertiary/aromatic N) is 1. The third-order valence-electron chi connectivity index (χ3n) is 5.92. The minimum absolute atomic E-state index is 0.204. The molecule has 1 aromatic carbocycles. The lowest BCUT2D eigenvalue weighted by Crippen LogP contribution is -2.98. The molecule has 0 aliphatic carbocycles. The molecule has 2 aliphatic rings. The molecule has 0 spiro atoms. The van der Waals surface area contributed by atoms with Crippen molar-refractivity contribution in [3.05, 3.63) is 29.8 Å². The second-order valence-corrected chi connectivity index (χ2v) is 7.00. The number of hydrogen-bond donors (Lipinski definition) is 1. The van der Waals surface area contributed by atoms with Gasteiger partial charge in [0.2, 0.25) is 17.4 Å². The summed E-state index contributed by atoms with van der Waals surface area (Å²) in [4.78, 5) is 40.3. The van der Waals surface area contributed by atoms with Gasteiger partial charge in [-0.05, 0) is 38.1 Å². The van der Waals surface area contributed by atoms with Crippen molar-refractivity contribution in [1.82, 2.24) is 4.90 Å². The molecule has 0 aromatic heterocycles. The SMILES string of the molecule is CCOC(=O)[C@]1(CC)[NH2+][C@@H](c2ccc(OC)cc2)[C@H]2C(=O)N(CC)C(=O)[C@@H]21. The smallest absolute Gasteiger partial charge is 0.368 e. The van der Waals surface area contributed by atoms with Gasteiger partial charge in [0.25, 0.3) is 0 Å². The van der Waals surface area contributed by atoms with Crippen LogP contribution in [0.5, 0.6) is 5.75 Å². The number of imide groups is 1. The number of carbonyl (C=O) groups excluding carboxylic acids is 3. The van der Waals surface area contributed by atoms with Gasteiger partial charge in [0.15, 0.2) is 0 Å². The molecule has 7 nitrogen and oxygen atoms in total. The van der Waals surface area contributed by atoms with E-state index in [-0.39, 0.29) is 24.5 Å². The molecule has 27 heavy (non-hydrogen) atoms. The average Bonchev–Trinajstić information content (AvgIpc) is 3.16. The van der Waals surface area contributed by atoms with Gasteiger partial charge in [-0.15, -0.1) is 0 Å². The number of carbonyl (C=O) groups is 3. The van der Waals surface area contributed by atoms with Crippen LogP contribution >= 0.6 is 0 Å². The molecule has 0 unspecified atom stereocenters. The van der Waals surface area contributed by atoms with Crippen LogP contribution in [0.2, 0.25) is 0 Å². The fraction of sp³-hybridized carbons (Fsp3) is 0.550. The summed E-state index contributed by atoms with van der Waals surface area (Å²) in [5.41, 5.74) is -0.188. The summed E-state index contributed by atoms with van der Waals surface area (Å²) in [6, 6.07) is 7.11. The number of rotatable bonds is 6. The van der Waals surface area contributed by atoms with Crippen molar-refractivity contribution in [3.63, 3.8) is 0 Å². The molecule has 1 aromatic rings. The monoisotopic (exact) mass is 375 g/mol. The number of fused-ring (bicyclic) bond motifs is 1. The Hall–Kier alpha value is -2.41. The topological polar surface area (TPSA) is 89.5 Å². The van der Waals surface area contributed by atoms with Gasteiger partial charge in [-0.1, -0.05) is 6.92 Å². The maximum absolute atomic E-state index is 13.0. The van der Waals surface area contributed by atoms with Crippen LogP contribution in [0.1, 0.15) is 38.8 Å². The second kappa shape index (κ2) is 7.31. The minimum Gasteiger partial charge on any atom is -0.497 e. The summed E-state index contributed by atoms with van der Waals surface area (Å²) in [6.07, 6.45) is 0.413. The number of nitrogens with two attached hydrogens (primary N) is 1. The molecule has 0 saturated carbocycles. The molecular weight excluding hydrogens is 348 g/mol. The predicted molar refractivity (Wildman–Crippen MR) is 96.7 cm³/mol. The van der Waals surface area contributed by atoms with Crippen molar-refractivity contribution in [1.29, 1.82) is 0 Å². The number of benzene rings is 1. The second-order valence-electron chi connectivity index (χ2n) is 7.00. The van der Waals surface area contributed by atoms with Gasteiger partial charge in [0.1, 0.15) is 23.6 Å². The van der Waals surface area contributed by atoms with Gasteiger partial charge in [-0.2, -0.15) is 0 Å². The lowest BCUT2D eigenvalue weighted by molar-refractivity contribution is -0.734. The summed E-state index contributed by atoms with van der Waals surface area (Å²) >= 11 is 0. The first-order valence-corrected chi connectivity index (χ1v) is 9.47. The Bertz CT molecular complexity index is 747. The summed E-state index contributed by atoms with van der Waals surface area (Å²) in [5, 5.41) is 1.88. The zero-order chi connectivity index (χ0) is 19.8. The van der Waals surface area contributed by atoms with Crippen LogP contribution in [0.4, 0.5) is 0 Å². The molecule has 2 N–H and O–H groups in total. The average molecular weight is 375 g/mol. The molecule has 2 fully saturated rings. The Balaban J connectivity index is 2.09. The van der Waals surface area contributed by atoms with E-state index in [0.717, 1.165) is 5.56 Å². The van der Waals surface area contributed by atoms with E-state index in [0.29, 0.717) is 18.7 Å². The third-order valence-corrected chi connectivity index (χ3v) is 5.92. The lowest BCUT2D eigenvalue weighted by atomic mass is 9.78. The Morgan fingerprint density at radius 2 is 1.81 bits per heavy atom. The summed E-state index contributed by atoms with van der Waals surface area (Å²) in [6.45, 7) is 5.93. The normalized spacial score (nSPS) is 29.8. The van der Waals surface area contributed by atoms with E-state index in [1.807, 2.05) is 36.5 Å². The summed E-state index contributed by atoms with van der Waals surface area (Å²) in [7, 11) is 1.59. The van der Waals surface area contributed by atoms with E-state index < -0.39 is 23.3 Å². The van der Waals surface area contributed by atoms with Crippen LogP contribution in [0.15, 0.2) is 24.3 Å². The third kappa shape index (κ3) is 2.81. The molecule has 4 atom stereocenters. The number of methoxy groups -OCH3 is 1. The first kappa shape index (κ1) is 19.4. The Morgan fingerprint density at radius 3 is 2.33 bits per heavy atom. The van der Waals surface area contributed by atoms with Gasteiger partial charge in [0.05, 0.1) is 13.7 Å². The quantitative estimate of drug-likeness (QED) is 0.582. The van der Waals surface area contributed by atoms with Gasteiger partial charge in [0, 0.05) is 18.5 Å². The van der Waals surface area contributed by atoms with Crippen LogP contribution in [-0.2, 0) is 19.1 Å². The predicted octanol–water partition coefficient (Wildman–Crippen LogP) is 0.646. The van der Waals surface area contributed by atoms with Crippen molar-refractivity contribution in [3.8, 4) is 5.75 Å². The van der Waals surface area contributed by atoms with Crippen LogP contribution in [-0.4, -0.2) is 48.5 Å². The van der Waals surface area contributed by atoms with E-state index in [1.165, 1.54) is 4.90 Å². The minimum atomic E-state index is -1.08. The van der Waals surface area contributed by atoms with Crippen molar-refractivity contribution in [2.24, 2.45) is 11.8 Å². The van der Waals surface area contributed by atoms with Crippen LogP contribution in [0, 0.1) is 11.8 Å². The zero-order valence-electron chi connectivity index (χ0n) is 16.2. The Labute approximate surface area is 159 Å². The van der Waals surface area contributed by atoms with E-state index >= 15 is 0 Å². The first-order chi connectivity index (χ1) is 12.9. The molecule has 0 radical (unpaired) electrons. The number of esters is 1. The number of likely N-dealkylation sites (tertiary alicyclic amines) is 1. The highest BCUT2D eigenvalue weighted by atomic mass is 16.5. The lowest BCUT2D eigenvalue weighted by Gasteiger charge is -2.28. The molecule has 2 heterocycles. The van der Waals surface area contributed by atoms with Crippen molar-refractivity contribution in [2.75, 3.05) is 20.3 Å². The van der Waals surface area contributed by atoms with Crippen LogP contribution < -0.4 is 10.1 Å². The molecule has 2 aliphatic heterocycles. The van der Waals surface area contributed by atoms with Crippen LogP contribution in [0.3, 0.4) is 0 Å². The van der Waals surface area contributed by atoms with Crippen molar-refractivity contribution in [2.45, 2.75) is 38.8 Å². The van der Waals surface area contributed by atoms with E-state index in [2.05, 4.69) is 0 Å². The van der Waals surface area contributed by atoms with Crippen molar-refractivity contribution < 1.29 is 29.2 Å². The summed E-state index contributed by atoms with van der Waals surface area (Å²) < 4.78 is 10.5. The van der Waals surface area contributed by atoms with Gasteiger partial charge in [-0.3, -0.25) is 14.5 Å². The number of ether oxygens (including phenoxy) is 2. The summed E-state index contributed by atoms with van der Waals surface area (Å²) in [5.74, 6) is -1.46. The molecule has 7 heteroatoms. The van der Waals surface area contributed by atoms with Crippen LogP contribution in [0.25, 0.3) is 0 Å². The molecular formula is C20H27N2O5+. The zero-order valence-corrected chi connectivity index (χ0v) is 16.2. The Morgan fingerprint density at radius 1 is 1.15 bits per heavy atom. The Kier molecular flexibility index (Phi) is 5.24. The van der Waals surface area contributed by atoms with E-state index in [9.17, 15) is 14.4 Å². The first-order valence-electron chi connectivity index (χ1n) is 9.47. The van der Waals surface area contributed by atoms with E-state index in [1.54, 1.807) is 21.0 Å². The van der Waals surface area contributed by atoms with Gasteiger partial charge >= 0.3 is 5.97 Å². The molecule has 0 bridgehead atoms. The largest absolute Gasteiger partial charge is 0.497 e. The number of quaternary nitrogens is 1. The highest BCUT2D eigenvalue weighted by molar-refractivity contribution is 6.08. The van der Waals surface area contributed by atoms with Gasteiger partial charge in [-0.25, -0.2) is 4.79 Å². The van der Waals surface area contributed by atoms with Gasteiger partial charge < -0.3 is 14.8 Å². The number of hydrogen-bond acceptors (Lipinski definition) is 5. The maximum Gasteiger partial charge on any atom is 0.368 e. The molecule has 2 saturated heterocycles. The maximum atomic E-state index is 13.0. The fourth-order valence-corrected chi connectivity index (χ4v) is 4.57. The standard InChI is InChI=1S/C20H26N2O5/c1-5-20(19(25)27-7-3)15-14(17(23)22(6-2)18(15)24)16(21-20)12-8-10-13(26-4)11-9-12/h8-11,14-16,21H,5-7H2,1-4H3/p+1/t14-,15+,16-,20+/m0/s1. The van der Waals surface area contributed by atoms with E-state index in [4.69, 9.17) is 9.47 Å². The highest BCUT2D eigenvalue weighted by Gasteiger charge is 2.71. The highest BCUT2D eigenvalue weighted by Crippen LogP contribution is 2.45. The van der Waals surface area contributed by atoms with Crippen molar-refractivity contribution >= 4 is 17.8 Å². The molecule has 2 amide bonds. The molecule has 3 rings (SSSR count).